The first-order valence-corrected chi connectivity index (χ1v) is 9.38. The average Bonchev–Trinajstić information content (AvgIpc) is 2.89. The number of H-pyrrole nitrogens is 1. The summed E-state index contributed by atoms with van der Waals surface area (Å²) in [5.41, 5.74) is 0. The van der Waals surface area contributed by atoms with E-state index in [4.69, 9.17) is 0 Å². The third kappa shape index (κ3) is 5.07. The van der Waals surface area contributed by atoms with E-state index in [-0.39, 0.29) is 0 Å². The maximum atomic E-state index is 4.31. The smallest absolute Gasteiger partial charge is 0.105 e. The van der Waals surface area contributed by atoms with Crippen molar-refractivity contribution < 1.29 is 0 Å². The lowest BCUT2D eigenvalue weighted by Crippen LogP contribution is -2.26. The Hall–Kier alpha value is -0.0900. The Morgan fingerprint density at radius 2 is 2.37 bits per heavy atom. The van der Waals surface area contributed by atoms with Gasteiger partial charge in [-0.1, -0.05) is 19.8 Å². The van der Waals surface area contributed by atoms with Crippen LogP contribution >= 0.6 is 23.5 Å². The molecule has 2 unspecified atom stereocenters. The molecule has 0 radical (unpaired) electrons. The minimum Gasteiger partial charge on any atom is -0.349 e. The largest absolute Gasteiger partial charge is 0.349 e. The van der Waals surface area contributed by atoms with E-state index in [1.54, 1.807) is 0 Å². The second-order valence-electron chi connectivity index (χ2n) is 5.54. The number of unbranched alkanes of at least 4 members (excludes halogenated alkanes) is 1. The average molecular weight is 299 g/mol. The lowest BCUT2D eigenvalue weighted by atomic mass is 10.1. The molecule has 0 saturated carbocycles. The Balaban J connectivity index is 1.74. The molecule has 1 aliphatic heterocycles. The summed E-state index contributed by atoms with van der Waals surface area (Å²) in [6.07, 6.45) is 12.9. The molecule has 1 aliphatic rings. The van der Waals surface area contributed by atoms with Gasteiger partial charge in [0, 0.05) is 24.1 Å². The first-order valence-electron chi connectivity index (χ1n) is 7.52. The fourth-order valence-corrected chi connectivity index (χ4v) is 6.32. The van der Waals surface area contributed by atoms with Crippen molar-refractivity contribution in [1.29, 1.82) is 0 Å². The lowest BCUT2D eigenvalue weighted by molar-refractivity contribution is 0.639. The zero-order valence-electron chi connectivity index (χ0n) is 12.2. The standard InChI is InChI=1S/C15H26N2S2/c1-3-4-6-13-8-12-18-15(2,19-13)9-5-7-14-16-10-11-17-14/h10-11,13H,3-9,12H2,1-2H3,(H,16,17). The molecule has 0 bridgehead atoms. The van der Waals surface area contributed by atoms with Crippen molar-refractivity contribution in [3.05, 3.63) is 18.2 Å². The summed E-state index contributed by atoms with van der Waals surface area (Å²) >= 11 is 4.42. The highest BCUT2D eigenvalue weighted by molar-refractivity contribution is 8.19. The number of imidazole rings is 1. The maximum Gasteiger partial charge on any atom is 0.105 e. The molecule has 1 fully saturated rings. The van der Waals surface area contributed by atoms with Crippen LogP contribution in [0.25, 0.3) is 0 Å². The topological polar surface area (TPSA) is 28.7 Å². The van der Waals surface area contributed by atoms with Crippen molar-refractivity contribution in [2.75, 3.05) is 5.75 Å². The minimum atomic E-state index is 0.434. The highest BCUT2D eigenvalue weighted by Gasteiger charge is 2.32. The Bertz CT molecular complexity index is 353. The number of aromatic amines is 1. The molecule has 0 aliphatic carbocycles. The van der Waals surface area contributed by atoms with E-state index in [0.29, 0.717) is 4.08 Å². The summed E-state index contributed by atoms with van der Waals surface area (Å²) in [5, 5.41) is 0.898. The van der Waals surface area contributed by atoms with Crippen molar-refractivity contribution in [1.82, 2.24) is 9.97 Å². The van der Waals surface area contributed by atoms with Gasteiger partial charge < -0.3 is 4.98 Å². The maximum absolute atomic E-state index is 4.31. The summed E-state index contributed by atoms with van der Waals surface area (Å²) in [4.78, 5) is 7.51. The van der Waals surface area contributed by atoms with Gasteiger partial charge in [-0.3, -0.25) is 0 Å². The third-order valence-corrected chi connectivity index (χ3v) is 7.15. The number of nitrogens with zero attached hydrogens (tertiary/aromatic N) is 1. The number of hydrogen-bond acceptors (Lipinski definition) is 3. The van der Waals surface area contributed by atoms with Crippen molar-refractivity contribution in [3.8, 4) is 0 Å². The van der Waals surface area contributed by atoms with Crippen LogP contribution in [0.3, 0.4) is 0 Å². The van der Waals surface area contributed by atoms with Crippen LogP contribution in [-0.2, 0) is 6.42 Å². The molecule has 0 aromatic carbocycles. The minimum absolute atomic E-state index is 0.434. The molecular weight excluding hydrogens is 272 g/mol. The van der Waals surface area contributed by atoms with E-state index in [2.05, 4.69) is 47.3 Å². The first-order chi connectivity index (χ1) is 9.22. The molecule has 0 amide bonds. The number of nitrogens with one attached hydrogen (secondary N) is 1. The van der Waals surface area contributed by atoms with Crippen LogP contribution in [-0.4, -0.2) is 25.0 Å². The van der Waals surface area contributed by atoms with Gasteiger partial charge in [-0.15, -0.1) is 23.5 Å². The van der Waals surface area contributed by atoms with Crippen LogP contribution < -0.4 is 0 Å². The molecule has 2 nitrogen and oxygen atoms in total. The fraction of sp³-hybridized carbons (Fsp3) is 0.800. The highest BCUT2D eigenvalue weighted by atomic mass is 32.2. The van der Waals surface area contributed by atoms with E-state index in [0.717, 1.165) is 17.5 Å². The van der Waals surface area contributed by atoms with Gasteiger partial charge in [0.15, 0.2) is 0 Å². The quantitative estimate of drug-likeness (QED) is 0.778. The van der Waals surface area contributed by atoms with Crippen LogP contribution in [0.5, 0.6) is 0 Å². The van der Waals surface area contributed by atoms with E-state index in [1.807, 2.05) is 12.4 Å². The number of hydrogen-bond donors (Lipinski definition) is 1. The summed E-state index contributed by atoms with van der Waals surface area (Å²) in [7, 11) is 0. The highest BCUT2D eigenvalue weighted by Crippen LogP contribution is 2.49. The normalized spacial score (nSPS) is 27.6. The van der Waals surface area contributed by atoms with Gasteiger partial charge in [0.2, 0.25) is 0 Å². The molecule has 1 saturated heterocycles. The fourth-order valence-electron chi connectivity index (χ4n) is 2.63. The van der Waals surface area contributed by atoms with Gasteiger partial charge in [0.1, 0.15) is 5.82 Å². The predicted molar refractivity (Wildman–Crippen MR) is 87.9 cm³/mol. The monoisotopic (exact) mass is 298 g/mol. The molecule has 1 N–H and O–H groups in total. The van der Waals surface area contributed by atoms with Crippen molar-refractivity contribution in [3.63, 3.8) is 0 Å². The summed E-state index contributed by atoms with van der Waals surface area (Å²) in [5.74, 6) is 2.48. The second kappa shape index (κ2) is 7.63. The number of rotatable bonds is 7. The molecule has 2 rings (SSSR count). The Labute approximate surface area is 125 Å². The van der Waals surface area contributed by atoms with Crippen molar-refractivity contribution in [2.24, 2.45) is 0 Å². The zero-order valence-corrected chi connectivity index (χ0v) is 13.8. The lowest BCUT2D eigenvalue weighted by Gasteiger charge is -2.37. The van der Waals surface area contributed by atoms with Crippen LogP contribution in [0.1, 0.15) is 58.2 Å². The molecule has 2 heterocycles. The van der Waals surface area contributed by atoms with Gasteiger partial charge in [-0.05, 0) is 38.4 Å². The summed E-state index contributed by atoms with van der Waals surface area (Å²) in [6, 6.07) is 0. The SMILES string of the molecule is CCCCC1CCSC(C)(CCCc2ncc[nH]2)S1. The Morgan fingerprint density at radius 3 is 3.11 bits per heavy atom. The molecule has 1 aromatic rings. The summed E-state index contributed by atoms with van der Waals surface area (Å²) in [6.45, 7) is 4.74. The van der Waals surface area contributed by atoms with Gasteiger partial charge in [-0.2, -0.15) is 0 Å². The number of aromatic nitrogens is 2. The van der Waals surface area contributed by atoms with E-state index in [1.165, 1.54) is 44.3 Å². The van der Waals surface area contributed by atoms with E-state index >= 15 is 0 Å². The van der Waals surface area contributed by atoms with Gasteiger partial charge >= 0.3 is 0 Å². The predicted octanol–water partition coefficient (Wildman–Crippen LogP) is 4.88. The third-order valence-electron chi connectivity index (χ3n) is 3.74. The number of aryl methyl sites for hydroxylation is 1. The Kier molecular flexibility index (Phi) is 6.14. The van der Waals surface area contributed by atoms with Gasteiger partial charge in [0.25, 0.3) is 0 Å². The molecular formula is C15H26N2S2. The van der Waals surface area contributed by atoms with E-state index in [9.17, 15) is 0 Å². The number of thioether (sulfide) groups is 2. The molecule has 2 atom stereocenters. The van der Waals surface area contributed by atoms with Crippen LogP contribution in [0.2, 0.25) is 0 Å². The molecule has 4 heteroatoms. The summed E-state index contributed by atoms with van der Waals surface area (Å²) < 4.78 is 0.434. The van der Waals surface area contributed by atoms with Gasteiger partial charge in [-0.25, -0.2) is 4.98 Å². The van der Waals surface area contributed by atoms with Crippen molar-refractivity contribution >= 4 is 23.5 Å². The van der Waals surface area contributed by atoms with Gasteiger partial charge in [0.05, 0.1) is 4.08 Å². The Morgan fingerprint density at radius 1 is 1.47 bits per heavy atom. The zero-order chi connectivity index (χ0) is 13.6. The molecule has 108 valence electrons. The molecule has 1 aromatic heterocycles. The first kappa shape index (κ1) is 15.3. The van der Waals surface area contributed by atoms with E-state index < -0.39 is 0 Å². The second-order valence-corrected chi connectivity index (χ2v) is 9.20. The molecule has 19 heavy (non-hydrogen) atoms. The molecule has 0 spiro atoms. The van der Waals surface area contributed by atoms with Crippen LogP contribution in [0.4, 0.5) is 0 Å². The van der Waals surface area contributed by atoms with Crippen LogP contribution in [0, 0.1) is 0 Å². The van der Waals surface area contributed by atoms with Crippen LogP contribution in [0.15, 0.2) is 12.4 Å². The van der Waals surface area contributed by atoms with Crippen molar-refractivity contribution in [2.45, 2.75) is 68.1 Å².